The van der Waals surface area contributed by atoms with Crippen LogP contribution in [0.25, 0.3) is 0 Å². The van der Waals surface area contributed by atoms with E-state index in [2.05, 4.69) is 31.6 Å². The van der Waals surface area contributed by atoms with Crippen molar-refractivity contribution in [3.63, 3.8) is 0 Å². The lowest BCUT2D eigenvalue weighted by molar-refractivity contribution is -0.130. The highest BCUT2D eigenvalue weighted by Crippen LogP contribution is 2.15. The second-order valence-corrected chi connectivity index (χ2v) is 6.40. The molecule has 0 saturated heterocycles. The van der Waals surface area contributed by atoms with Gasteiger partial charge in [-0.2, -0.15) is 0 Å². The molecule has 0 spiro atoms. The summed E-state index contributed by atoms with van der Waals surface area (Å²) in [7, 11) is 0. The Kier molecular flexibility index (Phi) is 13.7. The van der Waals surface area contributed by atoms with Gasteiger partial charge >= 0.3 is 0 Å². The van der Waals surface area contributed by atoms with E-state index in [1.54, 1.807) is 17.0 Å². The first kappa shape index (κ1) is 25.1. The molecule has 0 heterocycles. The fourth-order valence-corrected chi connectivity index (χ4v) is 2.80. The lowest BCUT2D eigenvalue weighted by Crippen LogP contribution is -2.38. The van der Waals surface area contributed by atoms with E-state index >= 15 is 0 Å². The van der Waals surface area contributed by atoms with Crippen LogP contribution in [-0.2, 0) is 11.2 Å². The number of nitrogens with one attached hydrogen (secondary N) is 2. The van der Waals surface area contributed by atoms with Crippen LogP contribution in [0.1, 0.15) is 32.8 Å². The van der Waals surface area contributed by atoms with Crippen LogP contribution in [0, 0.1) is 5.82 Å². The number of carbonyl (C=O) groups excluding carboxylic acids is 1. The Morgan fingerprint density at radius 2 is 1.92 bits per heavy atom. The summed E-state index contributed by atoms with van der Waals surface area (Å²) in [6, 6.07) is 4.92. The number of halogens is 3. The highest BCUT2D eigenvalue weighted by Gasteiger charge is 2.09. The third-order valence-electron chi connectivity index (χ3n) is 3.75. The minimum atomic E-state index is -0.211. The van der Waals surface area contributed by atoms with Gasteiger partial charge in [-0.3, -0.25) is 9.79 Å². The highest BCUT2D eigenvalue weighted by atomic mass is 127. The number of guanidine groups is 1. The third kappa shape index (κ3) is 9.16. The molecule has 8 heteroatoms. The molecule has 26 heavy (non-hydrogen) atoms. The number of benzene rings is 1. The lowest BCUT2D eigenvalue weighted by atomic mass is 10.1. The standard InChI is InChI=1S/C18H28BrFN4O.HI/c1-4-21-18(23-12-10-17(25)24(5-2)6-3)22-11-9-14-13-15(19)7-8-16(14)20;/h7-8,13H,4-6,9-12H2,1-3H3,(H2,21,22,23);1H. The van der Waals surface area contributed by atoms with E-state index in [1.165, 1.54) is 6.07 Å². The number of carbonyl (C=O) groups is 1. The predicted molar refractivity (Wildman–Crippen MR) is 120 cm³/mol. The van der Waals surface area contributed by atoms with Crippen molar-refractivity contribution in [3.05, 3.63) is 34.1 Å². The van der Waals surface area contributed by atoms with Gasteiger partial charge in [-0.05, 0) is 51.0 Å². The highest BCUT2D eigenvalue weighted by molar-refractivity contribution is 14.0. The van der Waals surface area contributed by atoms with Crippen LogP contribution in [0.5, 0.6) is 0 Å². The van der Waals surface area contributed by atoms with E-state index in [4.69, 9.17) is 0 Å². The van der Waals surface area contributed by atoms with Gasteiger partial charge in [0.25, 0.3) is 0 Å². The van der Waals surface area contributed by atoms with Gasteiger partial charge in [0.15, 0.2) is 5.96 Å². The van der Waals surface area contributed by atoms with Gasteiger partial charge in [0.05, 0.1) is 6.54 Å². The van der Waals surface area contributed by atoms with Gasteiger partial charge in [-0.25, -0.2) is 4.39 Å². The molecule has 2 N–H and O–H groups in total. The summed E-state index contributed by atoms with van der Waals surface area (Å²) in [6.45, 7) is 9.06. The number of rotatable bonds is 9. The van der Waals surface area contributed by atoms with Crippen LogP contribution in [0.3, 0.4) is 0 Å². The molecule has 1 aromatic rings. The minimum absolute atomic E-state index is 0. The van der Waals surface area contributed by atoms with E-state index in [1.807, 2.05) is 20.8 Å². The molecule has 148 valence electrons. The Labute approximate surface area is 181 Å². The summed E-state index contributed by atoms with van der Waals surface area (Å²) in [5, 5.41) is 6.32. The first-order chi connectivity index (χ1) is 12.0. The lowest BCUT2D eigenvalue weighted by Gasteiger charge is -2.18. The van der Waals surface area contributed by atoms with Crippen molar-refractivity contribution in [2.24, 2.45) is 4.99 Å². The largest absolute Gasteiger partial charge is 0.357 e. The van der Waals surface area contributed by atoms with Gasteiger partial charge in [-0.1, -0.05) is 15.9 Å². The fourth-order valence-electron chi connectivity index (χ4n) is 2.39. The van der Waals surface area contributed by atoms with Crippen molar-refractivity contribution < 1.29 is 9.18 Å². The number of hydrogen-bond acceptors (Lipinski definition) is 2. The zero-order chi connectivity index (χ0) is 18.7. The molecule has 1 aromatic carbocycles. The normalized spacial score (nSPS) is 10.9. The molecule has 0 saturated carbocycles. The predicted octanol–water partition coefficient (Wildman–Crippen LogP) is 3.56. The summed E-state index contributed by atoms with van der Waals surface area (Å²) in [5.41, 5.74) is 0.648. The first-order valence-electron chi connectivity index (χ1n) is 8.75. The molecule has 0 bridgehead atoms. The quantitative estimate of drug-likeness (QED) is 0.285. The third-order valence-corrected chi connectivity index (χ3v) is 4.24. The SMILES string of the molecule is CCNC(=NCCC(=O)N(CC)CC)NCCc1cc(Br)ccc1F.I. The monoisotopic (exact) mass is 542 g/mol. The molecular weight excluding hydrogens is 514 g/mol. The van der Waals surface area contributed by atoms with Crippen LogP contribution in [0.2, 0.25) is 0 Å². The van der Waals surface area contributed by atoms with Crippen LogP contribution in [-0.4, -0.2) is 49.5 Å². The number of amides is 1. The zero-order valence-corrected chi connectivity index (χ0v) is 19.6. The first-order valence-corrected chi connectivity index (χ1v) is 9.54. The van der Waals surface area contributed by atoms with Crippen LogP contribution >= 0.6 is 39.9 Å². The Hall–Kier alpha value is -0.900. The van der Waals surface area contributed by atoms with E-state index in [0.717, 1.165) is 24.1 Å². The molecule has 0 unspecified atom stereocenters. The van der Waals surface area contributed by atoms with Crippen molar-refractivity contribution in [2.45, 2.75) is 33.6 Å². The molecule has 1 rings (SSSR count). The maximum Gasteiger partial charge on any atom is 0.224 e. The van der Waals surface area contributed by atoms with Crippen LogP contribution < -0.4 is 10.6 Å². The summed E-state index contributed by atoms with van der Waals surface area (Å²) in [4.78, 5) is 18.2. The van der Waals surface area contributed by atoms with E-state index in [-0.39, 0.29) is 35.7 Å². The summed E-state index contributed by atoms with van der Waals surface area (Å²) in [6.07, 6.45) is 0.937. The van der Waals surface area contributed by atoms with Crippen molar-refractivity contribution >= 4 is 51.8 Å². The maximum atomic E-state index is 13.7. The average Bonchev–Trinajstić information content (AvgIpc) is 2.59. The number of aliphatic imine (C=N–C) groups is 1. The van der Waals surface area contributed by atoms with Crippen LogP contribution in [0.4, 0.5) is 4.39 Å². The molecule has 0 fully saturated rings. The molecule has 0 atom stereocenters. The van der Waals surface area contributed by atoms with Crippen molar-refractivity contribution in [1.29, 1.82) is 0 Å². The molecule has 0 aromatic heterocycles. The molecule has 5 nitrogen and oxygen atoms in total. The zero-order valence-electron chi connectivity index (χ0n) is 15.6. The molecule has 0 radical (unpaired) electrons. The second kappa shape index (κ2) is 14.2. The van der Waals surface area contributed by atoms with Gasteiger partial charge in [0, 0.05) is 37.1 Å². The Morgan fingerprint density at radius 3 is 2.54 bits per heavy atom. The molecule has 1 amide bonds. The summed E-state index contributed by atoms with van der Waals surface area (Å²) >= 11 is 3.35. The molecule has 0 aliphatic carbocycles. The smallest absolute Gasteiger partial charge is 0.224 e. The Morgan fingerprint density at radius 1 is 1.23 bits per heavy atom. The number of nitrogens with zero attached hydrogens (tertiary/aromatic N) is 2. The molecule has 0 aliphatic heterocycles. The fraction of sp³-hybridized carbons (Fsp3) is 0.556. The van der Waals surface area contributed by atoms with E-state index < -0.39 is 0 Å². The Balaban J connectivity index is 0.00000625. The maximum absolute atomic E-state index is 13.7. The molecule has 0 aliphatic rings. The second-order valence-electron chi connectivity index (χ2n) is 5.49. The van der Waals surface area contributed by atoms with Gasteiger partial charge in [0.2, 0.25) is 5.91 Å². The van der Waals surface area contributed by atoms with Gasteiger partial charge < -0.3 is 15.5 Å². The van der Waals surface area contributed by atoms with E-state index in [0.29, 0.717) is 37.5 Å². The van der Waals surface area contributed by atoms with Crippen molar-refractivity contribution in [3.8, 4) is 0 Å². The van der Waals surface area contributed by atoms with Crippen molar-refractivity contribution in [1.82, 2.24) is 15.5 Å². The summed E-state index contributed by atoms with van der Waals surface area (Å²) in [5.74, 6) is 0.544. The molecular formula is C18H29BrFIN4O. The van der Waals surface area contributed by atoms with Gasteiger partial charge in [-0.15, -0.1) is 24.0 Å². The van der Waals surface area contributed by atoms with Crippen molar-refractivity contribution in [2.75, 3.05) is 32.7 Å². The average molecular weight is 543 g/mol. The summed E-state index contributed by atoms with van der Waals surface area (Å²) < 4.78 is 14.6. The van der Waals surface area contributed by atoms with Gasteiger partial charge in [0.1, 0.15) is 5.82 Å². The van der Waals surface area contributed by atoms with E-state index in [9.17, 15) is 9.18 Å². The number of hydrogen-bond donors (Lipinski definition) is 2. The topological polar surface area (TPSA) is 56.7 Å². The Bertz CT molecular complexity index is 582. The minimum Gasteiger partial charge on any atom is -0.357 e. The van der Waals surface area contributed by atoms with Crippen LogP contribution in [0.15, 0.2) is 27.7 Å².